The van der Waals surface area contributed by atoms with E-state index in [2.05, 4.69) is 10.6 Å². The standard InChI is InChI=1S/C22H17F7IN3O2/c1-11-9-12(20(23,21(24,25)26)22(27,28)29)7-8-15(11)32-17(34)13-5-4-6-14(30)16(13)18(35)33-19(2,3)10-31/h4-9H,1-3H3,(H,32,34)(H,33,35). The lowest BCUT2D eigenvalue weighted by Crippen LogP contribution is -2.50. The van der Waals surface area contributed by atoms with Crippen LogP contribution in [0.15, 0.2) is 36.4 Å². The summed E-state index contributed by atoms with van der Waals surface area (Å²) in [5, 5.41) is 13.9. The van der Waals surface area contributed by atoms with Gasteiger partial charge >= 0.3 is 18.0 Å². The van der Waals surface area contributed by atoms with Crippen LogP contribution in [-0.2, 0) is 5.67 Å². The smallest absolute Gasteiger partial charge is 0.334 e. The van der Waals surface area contributed by atoms with Crippen molar-refractivity contribution in [3.8, 4) is 6.07 Å². The number of hydrogen-bond donors (Lipinski definition) is 2. The molecule has 2 aromatic rings. The van der Waals surface area contributed by atoms with Crippen LogP contribution in [0.1, 0.15) is 45.7 Å². The second-order valence-corrected chi connectivity index (χ2v) is 9.15. The van der Waals surface area contributed by atoms with Crippen molar-refractivity contribution in [2.45, 2.75) is 44.3 Å². The van der Waals surface area contributed by atoms with Crippen LogP contribution in [0.3, 0.4) is 0 Å². The SMILES string of the molecule is Cc1cc(C(F)(C(F)(F)F)C(F)(F)F)ccc1NC(=O)c1cccc(I)c1C(=O)NC(C)(C)C#N. The Balaban J connectivity index is 2.45. The number of benzene rings is 2. The van der Waals surface area contributed by atoms with Gasteiger partial charge in [0.1, 0.15) is 5.54 Å². The van der Waals surface area contributed by atoms with Gasteiger partial charge in [-0.1, -0.05) is 18.2 Å². The van der Waals surface area contributed by atoms with Crippen molar-refractivity contribution in [1.82, 2.24) is 5.32 Å². The predicted octanol–water partition coefficient (Wildman–Crippen LogP) is 6.17. The van der Waals surface area contributed by atoms with Crippen molar-refractivity contribution in [1.29, 1.82) is 5.26 Å². The predicted molar refractivity (Wildman–Crippen MR) is 120 cm³/mol. The third-order valence-electron chi connectivity index (χ3n) is 4.84. The number of nitrogens with zero attached hydrogens (tertiary/aromatic N) is 1. The maximum atomic E-state index is 14.3. The molecule has 0 aromatic heterocycles. The van der Waals surface area contributed by atoms with Crippen LogP contribution in [0, 0.1) is 21.8 Å². The zero-order valence-corrected chi connectivity index (χ0v) is 20.4. The lowest BCUT2D eigenvalue weighted by atomic mass is 9.92. The van der Waals surface area contributed by atoms with Crippen LogP contribution in [0.4, 0.5) is 36.4 Å². The molecule has 0 saturated heterocycles. The molecule has 2 rings (SSSR count). The van der Waals surface area contributed by atoms with Crippen LogP contribution >= 0.6 is 22.6 Å². The third kappa shape index (κ3) is 5.68. The Kier molecular flexibility index (Phi) is 7.80. The van der Waals surface area contributed by atoms with Gasteiger partial charge in [-0.05, 0) is 67.1 Å². The molecule has 0 fully saturated rings. The number of carbonyl (C=O) groups is 2. The highest BCUT2D eigenvalue weighted by molar-refractivity contribution is 14.1. The molecule has 0 bridgehead atoms. The highest BCUT2D eigenvalue weighted by Crippen LogP contribution is 2.53. The first-order valence-electron chi connectivity index (χ1n) is 9.63. The van der Waals surface area contributed by atoms with Crippen LogP contribution < -0.4 is 10.6 Å². The second-order valence-electron chi connectivity index (χ2n) is 7.99. The third-order valence-corrected chi connectivity index (χ3v) is 5.74. The fourth-order valence-electron chi connectivity index (χ4n) is 3.01. The Hall–Kier alpha value is -2.89. The quantitative estimate of drug-likeness (QED) is 0.312. The molecule has 13 heteroatoms. The molecule has 2 aromatic carbocycles. The highest BCUT2D eigenvalue weighted by atomic mass is 127. The minimum absolute atomic E-state index is 0.0971. The molecule has 0 heterocycles. The molecule has 0 radical (unpaired) electrons. The molecule has 0 aliphatic heterocycles. The molecule has 188 valence electrons. The Labute approximate surface area is 208 Å². The number of rotatable bonds is 5. The normalized spacial score (nSPS) is 12.6. The van der Waals surface area contributed by atoms with Crippen molar-refractivity contribution in [2.75, 3.05) is 5.32 Å². The number of amides is 2. The van der Waals surface area contributed by atoms with E-state index in [1.165, 1.54) is 32.0 Å². The second kappa shape index (κ2) is 9.63. The Morgan fingerprint density at radius 1 is 0.943 bits per heavy atom. The summed E-state index contributed by atoms with van der Waals surface area (Å²) in [7, 11) is 0. The number of hydrogen-bond acceptors (Lipinski definition) is 3. The molecule has 0 spiro atoms. The molecule has 0 unspecified atom stereocenters. The van der Waals surface area contributed by atoms with E-state index in [4.69, 9.17) is 5.26 Å². The molecule has 2 N–H and O–H groups in total. The van der Waals surface area contributed by atoms with Gasteiger partial charge in [-0.2, -0.15) is 31.6 Å². The number of aryl methyl sites for hydroxylation is 1. The summed E-state index contributed by atoms with van der Waals surface area (Å²) in [6, 6.07) is 7.44. The summed E-state index contributed by atoms with van der Waals surface area (Å²) in [5.74, 6) is -1.66. The van der Waals surface area contributed by atoms with Gasteiger partial charge in [0.15, 0.2) is 0 Å². The van der Waals surface area contributed by atoms with Gasteiger partial charge < -0.3 is 10.6 Å². The van der Waals surface area contributed by atoms with Gasteiger partial charge in [0.2, 0.25) is 0 Å². The molecular weight excluding hydrogens is 598 g/mol. The number of alkyl halides is 7. The number of nitrogens with one attached hydrogen (secondary N) is 2. The van der Waals surface area contributed by atoms with E-state index in [1.807, 2.05) is 6.07 Å². The van der Waals surface area contributed by atoms with Crippen LogP contribution in [0.5, 0.6) is 0 Å². The largest absolute Gasteiger partial charge is 0.435 e. The van der Waals surface area contributed by atoms with Gasteiger partial charge in [0, 0.05) is 14.8 Å². The van der Waals surface area contributed by atoms with Gasteiger partial charge in [0.25, 0.3) is 11.8 Å². The van der Waals surface area contributed by atoms with E-state index in [0.717, 1.165) is 6.92 Å². The van der Waals surface area contributed by atoms with E-state index >= 15 is 0 Å². The first-order chi connectivity index (χ1) is 15.9. The monoisotopic (exact) mass is 615 g/mol. The summed E-state index contributed by atoms with van der Waals surface area (Å²) < 4.78 is 92.8. The number of halogens is 8. The lowest BCUT2D eigenvalue weighted by Gasteiger charge is -2.30. The zero-order chi connectivity index (χ0) is 27.0. The first-order valence-corrected chi connectivity index (χ1v) is 10.7. The summed E-state index contributed by atoms with van der Waals surface area (Å²) in [6.45, 7) is 3.94. The van der Waals surface area contributed by atoms with Gasteiger partial charge in [-0.25, -0.2) is 4.39 Å². The van der Waals surface area contributed by atoms with Crippen molar-refractivity contribution in [3.05, 3.63) is 62.2 Å². The van der Waals surface area contributed by atoms with Crippen LogP contribution in [0.25, 0.3) is 0 Å². The average Bonchev–Trinajstić information content (AvgIpc) is 2.72. The van der Waals surface area contributed by atoms with E-state index in [1.54, 1.807) is 22.6 Å². The van der Waals surface area contributed by atoms with E-state index < -0.39 is 40.9 Å². The van der Waals surface area contributed by atoms with Crippen molar-refractivity contribution >= 4 is 40.1 Å². The minimum Gasteiger partial charge on any atom is -0.334 e. The molecule has 0 aliphatic rings. The van der Waals surface area contributed by atoms with Crippen molar-refractivity contribution in [2.24, 2.45) is 0 Å². The van der Waals surface area contributed by atoms with Gasteiger partial charge in [-0.3, -0.25) is 9.59 Å². The van der Waals surface area contributed by atoms with E-state index in [0.29, 0.717) is 15.7 Å². The van der Waals surface area contributed by atoms with Crippen LogP contribution in [0.2, 0.25) is 0 Å². The highest BCUT2D eigenvalue weighted by Gasteiger charge is 2.73. The molecule has 2 amide bonds. The topological polar surface area (TPSA) is 82.0 Å². The Bertz CT molecular complexity index is 1190. The molecule has 35 heavy (non-hydrogen) atoms. The summed E-state index contributed by atoms with van der Waals surface area (Å²) in [6.07, 6.45) is -12.6. The lowest BCUT2D eigenvalue weighted by molar-refractivity contribution is -0.348. The number of anilines is 1. The number of carbonyl (C=O) groups excluding carboxylic acids is 2. The van der Waals surface area contributed by atoms with Crippen molar-refractivity contribution in [3.63, 3.8) is 0 Å². The number of nitriles is 1. The fraction of sp³-hybridized carbons (Fsp3) is 0.318. The maximum absolute atomic E-state index is 14.3. The van der Waals surface area contributed by atoms with Gasteiger partial charge in [0.05, 0.1) is 17.2 Å². The van der Waals surface area contributed by atoms with Gasteiger partial charge in [-0.15, -0.1) is 0 Å². The Morgan fingerprint density at radius 3 is 2.00 bits per heavy atom. The van der Waals surface area contributed by atoms with E-state index in [9.17, 15) is 40.3 Å². The summed E-state index contributed by atoms with van der Waals surface area (Å²) >= 11 is 1.79. The Morgan fingerprint density at radius 2 is 1.51 bits per heavy atom. The van der Waals surface area contributed by atoms with Crippen LogP contribution in [-0.4, -0.2) is 29.7 Å². The molecule has 0 atom stereocenters. The minimum atomic E-state index is -6.28. The molecular formula is C22H17F7IN3O2. The molecule has 5 nitrogen and oxygen atoms in total. The zero-order valence-electron chi connectivity index (χ0n) is 18.3. The molecule has 0 aliphatic carbocycles. The molecule has 0 saturated carbocycles. The van der Waals surface area contributed by atoms with Crippen molar-refractivity contribution < 1.29 is 40.3 Å². The maximum Gasteiger partial charge on any atom is 0.435 e. The first kappa shape index (κ1) is 28.3. The summed E-state index contributed by atoms with van der Waals surface area (Å²) in [5.41, 5.74) is -9.33. The van der Waals surface area contributed by atoms with E-state index in [-0.39, 0.29) is 28.4 Å². The summed E-state index contributed by atoms with van der Waals surface area (Å²) in [4.78, 5) is 25.6. The fourth-order valence-corrected chi connectivity index (χ4v) is 3.76. The average molecular weight is 615 g/mol.